The van der Waals surface area contributed by atoms with Crippen LogP contribution in [0.3, 0.4) is 0 Å². The van der Waals surface area contributed by atoms with Crippen LogP contribution in [0.25, 0.3) is 0 Å². The highest BCUT2D eigenvalue weighted by Gasteiger charge is 2.13. The molecule has 0 saturated carbocycles. The highest BCUT2D eigenvalue weighted by atomic mass is 79.9. The maximum atomic E-state index is 12.2. The van der Waals surface area contributed by atoms with E-state index in [9.17, 15) is 4.79 Å². The smallest absolute Gasteiger partial charge is 0.253 e. The van der Waals surface area contributed by atoms with E-state index in [4.69, 9.17) is 5.73 Å². The molecule has 2 aromatic rings. The summed E-state index contributed by atoms with van der Waals surface area (Å²) >= 11 is 6.71. The Morgan fingerprint density at radius 2 is 1.70 bits per heavy atom. The molecule has 20 heavy (non-hydrogen) atoms. The molecule has 1 unspecified atom stereocenters. The van der Waals surface area contributed by atoms with Crippen LogP contribution in [0.1, 0.15) is 28.9 Å². The number of hydrogen-bond acceptors (Lipinski definition) is 2. The monoisotopic (exact) mass is 396 g/mol. The summed E-state index contributed by atoms with van der Waals surface area (Å²) in [5.41, 5.74) is 7.84. The van der Waals surface area contributed by atoms with E-state index in [0.717, 1.165) is 14.5 Å². The van der Waals surface area contributed by atoms with E-state index >= 15 is 0 Å². The molecule has 3 N–H and O–H groups in total. The lowest BCUT2D eigenvalue weighted by molar-refractivity contribution is 0.0941. The molecule has 0 aliphatic heterocycles. The molecule has 3 nitrogen and oxygen atoms in total. The number of benzene rings is 2. The van der Waals surface area contributed by atoms with Crippen LogP contribution in [0.2, 0.25) is 0 Å². The number of nitrogen functional groups attached to an aromatic ring is 1. The van der Waals surface area contributed by atoms with Crippen LogP contribution in [0, 0.1) is 0 Å². The fraction of sp³-hybridized carbons (Fsp3) is 0.133. The van der Waals surface area contributed by atoms with Crippen molar-refractivity contribution in [1.29, 1.82) is 0 Å². The summed E-state index contributed by atoms with van der Waals surface area (Å²) < 4.78 is 1.87. The predicted molar refractivity (Wildman–Crippen MR) is 88.6 cm³/mol. The standard InChI is InChI=1S/C15H14Br2N2O/c1-9(10-2-4-11(16)5-3-10)19-15(20)13-7-6-12(17)8-14(13)18/h2-9H,18H2,1H3,(H,19,20). The van der Waals surface area contributed by atoms with Crippen molar-refractivity contribution in [3.8, 4) is 0 Å². The lowest BCUT2D eigenvalue weighted by Crippen LogP contribution is -2.27. The van der Waals surface area contributed by atoms with Gasteiger partial charge in [-0.05, 0) is 42.8 Å². The Bertz CT molecular complexity index is 626. The Morgan fingerprint density at radius 1 is 1.10 bits per heavy atom. The van der Waals surface area contributed by atoms with Crippen LogP contribution >= 0.6 is 31.9 Å². The highest BCUT2D eigenvalue weighted by Crippen LogP contribution is 2.20. The number of carbonyl (C=O) groups excluding carboxylic acids is 1. The quantitative estimate of drug-likeness (QED) is 0.759. The number of amides is 1. The summed E-state index contributed by atoms with van der Waals surface area (Å²) in [6.45, 7) is 1.94. The summed E-state index contributed by atoms with van der Waals surface area (Å²) in [4.78, 5) is 12.2. The maximum Gasteiger partial charge on any atom is 0.253 e. The average Bonchev–Trinajstić information content (AvgIpc) is 2.39. The van der Waals surface area contributed by atoms with Crippen molar-refractivity contribution in [3.63, 3.8) is 0 Å². The fourth-order valence-corrected chi connectivity index (χ4v) is 2.49. The molecule has 104 valence electrons. The molecule has 5 heteroatoms. The van der Waals surface area contributed by atoms with Crippen LogP contribution in [-0.4, -0.2) is 5.91 Å². The third-order valence-corrected chi connectivity index (χ3v) is 4.00. The third-order valence-electron chi connectivity index (χ3n) is 2.98. The van der Waals surface area contributed by atoms with E-state index in [0.29, 0.717) is 11.3 Å². The Morgan fingerprint density at radius 3 is 2.30 bits per heavy atom. The first-order valence-electron chi connectivity index (χ1n) is 6.08. The van der Waals surface area contributed by atoms with Gasteiger partial charge in [0.25, 0.3) is 5.91 Å². The largest absolute Gasteiger partial charge is 0.398 e. The van der Waals surface area contributed by atoms with Gasteiger partial charge in [-0.25, -0.2) is 0 Å². The van der Waals surface area contributed by atoms with Gasteiger partial charge in [0.15, 0.2) is 0 Å². The zero-order valence-electron chi connectivity index (χ0n) is 10.9. The second kappa shape index (κ2) is 6.41. The average molecular weight is 398 g/mol. The van der Waals surface area contributed by atoms with E-state index < -0.39 is 0 Å². The Labute approximate surface area is 134 Å². The number of nitrogens with two attached hydrogens (primary N) is 1. The molecule has 0 saturated heterocycles. The lowest BCUT2D eigenvalue weighted by Gasteiger charge is -2.15. The highest BCUT2D eigenvalue weighted by molar-refractivity contribution is 9.10. The molecule has 0 aliphatic rings. The number of nitrogens with one attached hydrogen (secondary N) is 1. The molecule has 0 fully saturated rings. The van der Waals surface area contributed by atoms with Gasteiger partial charge in [-0.1, -0.05) is 44.0 Å². The van der Waals surface area contributed by atoms with Crippen molar-refractivity contribution < 1.29 is 4.79 Å². The second-order valence-electron chi connectivity index (χ2n) is 4.48. The number of rotatable bonds is 3. The van der Waals surface area contributed by atoms with Gasteiger partial charge < -0.3 is 11.1 Å². The molecular formula is C15H14Br2N2O. The van der Waals surface area contributed by atoms with Gasteiger partial charge in [0, 0.05) is 14.6 Å². The van der Waals surface area contributed by atoms with Gasteiger partial charge in [0.1, 0.15) is 0 Å². The van der Waals surface area contributed by atoms with E-state index in [1.54, 1.807) is 18.2 Å². The minimum absolute atomic E-state index is 0.0846. The summed E-state index contributed by atoms with van der Waals surface area (Å²) in [6, 6.07) is 13.0. The van der Waals surface area contributed by atoms with Crippen molar-refractivity contribution in [1.82, 2.24) is 5.32 Å². The third kappa shape index (κ3) is 3.61. The lowest BCUT2D eigenvalue weighted by atomic mass is 10.1. The summed E-state index contributed by atoms with van der Waals surface area (Å²) in [7, 11) is 0. The van der Waals surface area contributed by atoms with Crippen molar-refractivity contribution in [2.45, 2.75) is 13.0 Å². The second-order valence-corrected chi connectivity index (χ2v) is 6.31. The number of carbonyl (C=O) groups is 1. The molecular weight excluding hydrogens is 384 g/mol. The topological polar surface area (TPSA) is 55.1 Å². The molecule has 2 rings (SSSR count). The van der Waals surface area contributed by atoms with Crippen LogP contribution in [0.15, 0.2) is 51.4 Å². The van der Waals surface area contributed by atoms with E-state index in [-0.39, 0.29) is 11.9 Å². The molecule has 0 heterocycles. The van der Waals surface area contributed by atoms with Crippen molar-refractivity contribution in [3.05, 3.63) is 62.5 Å². The van der Waals surface area contributed by atoms with Crippen molar-refractivity contribution in [2.24, 2.45) is 0 Å². The van der Waals surface area contributed by atoms with Crippen molar-refractivity contribution >= 4 is 43.5 Å². The molecule has 0 aliphatic carbocycles. The van der Waals surface area contributed by atoms with Gasteiger partial charge in [-0.15, -0.1) is 0 Å². The van der Waals surface area contributed by atoms with Crippen LogP contribution < -0.4 is 11.1 Å². The first-order valence-corrected chi connectivity index (χ1v) is 7.67. The Balaban J connectivity index is 2.13. The molecule has 2 aromatic carbocycles. The molecule has 0 radical (unpaired) electrons. The number of halogens is 2. The SMILES string of the molecule is CC(NC(=O)c1ccc(Br)cc1N)c1ccc(Br)cc1. The Kier molecular flexibility index (Phi) is 4.83. The molecule has 0 bridgehead atoms. The van der Waals surface area contributed by atoms with Crippen LogP contribution in [0.4, 0.5) is 5.69 Å². The minimum atomic E-state index is -0.176. The van der Waals surface area contributed by atoms with E-state index in [1.165, 1.54) is 0 Å². The molecule has 0 aromatic heterocycles. The summed E-state index contributed by atoms with van der Waals surface area (Å²) in [5, 5.41) is 2.94. The Hall–Kier alpha value is -1.33. The normalized spacial score (nSPS) is 11.9. The first kappa shape index (κ1) is 15.1. The number of anilines is 1. The number of hydrogen-bond donors (Lipinski definition) is 2. The predicted octanol–water partition coefficient (Wildman–Crippen LogP) is 4.28. The van der Waals surface area contributed by atoms with Gasteiger partial charge in [0.2, 0.25) is 0 Å². The zero-order chi connectivity index (χ0) is 14.7. The minimum Gasteiger partial charge on any atom is -0.398 e. The molecule has 1 amide bonds. The van der Waals surface area contributed by atoms with Crippen LogP contribution in [-0.2, 0) is 0 Å². The maximum absolute atomic E-state index is 12.2. The van der Waals surface area contributed by atoms with Crippen LogP contribution in [0.5, 0.6) is 0 Å². The summed E-state index contributed by atoms with van der Waals surface area (Å²) in [5.74, 6) is -0.176. The summed E-state index contributed by atoms with van der Waals surface area (Å²) in [6.07, 6.45) is 0. The first-order chi connectivity index (χ1) is 9.47. The van der Waals surface area contributed by atoms with E-state index in [1.807, 2.05) is 31.2 Å². The van der Waals surface area contributed by atoms with Gasteiger partial charge in [0.05, 0.1) is 11.6 Å². The van der Waals surface area contributed by atoms with E-state index in [2.05, 4.69) is 37.2 Å². The zero-order valence-corrected chi connectivity index (χ0v) is 14.0. The van der Waals surface area contributed by atoms with Crippen molar-refractivity contribution in [2.75, 3.05) is 5.73 Å². The van der Waals surface area contributed by atoms with Gasteiger partial charge >= 0.3 is 0 Å². The molecule has 0 spiro atoms. The van der Waals surface area contributed by atoms with Gasteiger partial charge in [-0.3, -0.25) is 4.79 Å². The fourth-order valence-electron chi connectivity index (χ4n) is 1.85. The molecule has 1 atom stereocenters. The van der Waals surface area contributed by atoms with Gasteiger partial charge in [-0.2, -0.15) is 0 Å².